The molecule has 6 nitrogen and oxygen atoms in total. The summed E-state index contributed by atoms with van der Waals surface area (Å²) in [6.07, 6.45) is 3.39. The lowest BCUT2D eigenvalue weighted by atomic mass is 10.1. The molecule has 0 heterocycles. The van der Waals surface area contributed by atoms with Crippen LogP contribution in [-0.2, 0) is 36.7 Å². The summed E-state index contributed by atoms with van der Waals surface area (Å²) in [7, 11) is 0. The number of esters is 3. The quantitative estimate of drug-likeness (QED) is 0.270. The fraction of sp³-hybridized carbons (Fsp3) is 0.222. The summed E-state index contributed by atoms with van der Waals surface area (Å²) in [6, 6.07) is 11.3. The van der Waals surface area contributed by atoms with Gasteiger partial charge in [-0.15, -0.1) is 0 Å². The van der Waals surface area contributed by atoms with E-state index < -0.39 is 23.7 Å². The molecule has 0 amide bonds. The molecule has 0 aliphatic carbocycles. The smallest absolute Gasteiger partial charge is 0.336 e. The average Bonchev–Trinajstić information content (AvgIpc) is 2.79. The molecule has 0 spiro atoms. The first-order valence-electron chi connectivity index (χ1n) is 10.6. The molecule has 0 aliphatic rings. The summed E-state index contributed by atoms with van der Waals surface area (Å²) in [6.45, 7) is 10.4. The van der Waals surface area contributed by atoms with Gasteiger partial charge in [0.2, 0.25) is 0 Å². The average molecular weight is 467 g/mol. The lowest BCUT2D eigenvalue weighted by Crippen LogP contribution is -2.08. The molecule has 0 fully saturated rings. The van der Waals surface area contributed by atoms with Crippen LogP contribution < -0.4 is 4.74 Å². The molecule has 0 radical (unpaired) electrons. The van der Waals surface area contributed by atoms with E-state index in [-0.39, 0.29) is 25.2 Å². The van der Waals surface area contributed by atoms with E-state index in [4.69, 9.17) is 14.2 Å². The van der Waals surface area contributed by atoms with Gasteiger partial charge in [-0.1, -0.05) is 37.4 Å². The maximum Gasteiger partial charge on any atom is 0.336 e. The fourth-order valence-electron chi connectivity index (χ4n) is 2.67. The van der Waals surface area contributed by atoms with Crippen LogP contribution in [0.4, 0.5) is 4.39 Å². The lowest BCUT2D eigenvalue weighted by molar-refractivity contribution is -0.139. The lowest BCUT2D eigenvalue weighted by Gasteiger charge is -2.06. The van der Waals surface area contributed by atoms with Crippen molar-refractivity contribution in [1.29, 1.82) is 0 Å². The minimum absolute atomic E-state index is 0.0442. The molecule has 0 saturated carbocycles. The van der Waals surface area contributed by atoms with Crippen molar-refractivity contribution in [3.05, 3.63) is 95.4 Å². The van der Waals surface area contributed by atoms with Gasteiger partial charge in [-0.3, -0.25) is 0 Å². The normalized spacial score (nSPS) is 10.6. The number of hydrogen-bond donors (Lipinski definition) is 0. The Morgan fingerprint density at radius 1 is 0.882 bits per heavy atom. The van der Waals surface area contributed by atoms with Crippen molar-refractivity contribution in [2.75, 3.05) is 13.2 Å². The summed E-state index contributed by atoms with van der Waals surface area (Å²) >= 11 is 0. The molecule has 0 unspecified atom stereocenters. The van der Waals surface area contributed by atoms with E-state index in [0.29, 0.717) is 28.9 Å². The molecular weight excluding hydrogens is 439 g/mol. The topological polar surface area (TPSA) is 78.9 Å². The van der Waals surface area contributed by atoms with Crippen molar-refractivity contribution >= 4 is 24.0 Å². The van der Waals surface area contributed by atoms with E-state index in [1.807, 2.05) is 0 Å². The summed E-state index contributed by atoms with van der Waals surface area (Å²) in [5.41, 5.74) is 2.41. The molecule has 178 valence electrons. The number of benzene rings is 2. The Kier molecular flexibility index (Phi) is 9.95. The van der Waals surface area contributed by atoms with Gasteiger partial charge in [0.05, 0.1) is 13.2 Å². The van der Waals surface area contributed by atoms with Gasteiger partial charge in [0.1, 0.15) is 11.6 Å². The van der Waals surface area contributed by atoms with Crippen LogP contribution in [-0.4, -0.2) is 31.1 Å². The minimum atomic E-state index is -0.612. The van der Waals surface area contributed by atoms with Crippen molar-refractivity contribution < 1.29 is 33.0 Å². The van der Waals surface area contributed by atoms with Gasteiger partial charge in [0.15, 0.2) is 0 Å². The third-order valence-electron chi connectivity index (χ3n) is 4.56. The fourth-order valence-corrected chi connectivity index (χ4v) is 2.67. The maximum atomic E-state index is 14.3. The largest absolute Gasteiger partial charge is 0.462 e. The first-order chi connectivity index (χ1) is 16.2. The summed E-state index contributed by atoms with van der Waals surface area (Å²) in [4.78, 5) is 34.8. The van der Waals surface area contributed by atoms with E-state index in [9.17, 15) is 18.8 Å². The molecule has 0 aromatic heterocycles. The zero-order valence-corrected chi connectivity index (χ0v) is 19.3. The predicted octanol–water partition coefficient (Wildman–Crippen LogP) is 4.77. The van der Waals surface area contributed by atoms with E-state index in [0.717, 1.165) is 5.56 Å². The Morgan fingerprint density at radius 2 is 1.47 bits per heavy atom. The highest BCUT2D eigenvalue weighted by Gasteiger charge is 2.07. The van der Waals surface area contributed by atoms with Crippen molar-refractivity contribution in [3.63, 3.8) is 0 Å². The van der Waals surface area contributed by atoms with Crippen molar-refractivity contribution in [2.45, 2.75) is 26.7 Å². The van der Waals surface area contributed by atoms with Crippen LogP contribution in [0.1, 0.15) is 30.5 Å². The Balaban J connectivity index is 1.83. The highest BCUT2D eigenvalue weighted by atomic mass is 19.1. The molecule has 0 aliphatic heterocycles. The molecule has 7 heteroatoms. The number of halogens is 1. The molecule has 2 aromatic rings. The zero-order valence-electron chi connectivity index (χ0n) is 19.3. The number of rotatable bonds is 11. The van der Waals surface area contributed by atoms with Crippen LogP contribution in [0.3, 0.4) is 0 Å². The van der Waals surface area contributed by atoms with Gasteiger partial charge in [-0.2, -0.15) is 0 Å². The van der Waals surface area contributed by atoms with Crippen LogP contribution in [0.15, 0.2) is 72.8 Å². The van der Waals surface area contributed by atoms with Crippen LogP contribution in [0.2, 0.25) is 0 Å². The first kappa shape index (κ1) is 26.3. The van der Waals surface area contributed by atoms with E-state index in [1.165, 1.54) is 25.1 Å². The predicted molar refractivity (Wildman–Crippen MR) is 126 cm³/mol. The third-order valence-corrected chi connectivity index (χ3v) is 4.56. The molecule has 0 atom stereocenters. The van der Waals surface area contributed by atoms with Crippen molar-refractivity contribution in [3.8, 4) is 5.75 Å². The van der Waals surface area contributed by atoms with Gasteiger partial charge >= 0.3 is 17.9 Å². The standard InChI is InChI=1S/C27H27FO6/c1-18(2)26(30)32-15-13-20-6-10-23(11-7-20)34-25(29)12-8-21-5-9-22(24(28)17-21)14-16-33-27(31)19(3)4/h5-12,17H,1,3,13-16H2,2,4H3/b12-8+. The number of carbonyl (C=O) groups is 3. The monoisotopic (exact) mass is 466 g/mol. The molecule has 0 saturated heterocycles. The molecule has 0 bridgehead atoms. The van der Waals surface area contributed by atoms with Crippen LogP contribution in [0, 0.1) is 5.82 Å². The molecular formula is C27H27FO6. The summed E-state index contributed by atoms with van der Waals surface area (Å²) < 4.78 is 29.5. The highest BCUT2D eigenvalue weighted by Crippen LogP contribution is 2.15. The Labute approximate surface area is 198 Å². The second-order valence-electron chi connectivity index (χ2n) is 7.58. The second kappa shape index (κ2) is 12.9. The van der Waals surface area contributed by atoms with Gasteiger partial charge < -0.3 is 14.2 Å². The van der Waals surface area contributed by atoms with Gasteiger partial charge in [0, 0.05) is 30.1 Å². The van der Waals surface area contributed by atoms with Crippen molar-refractivity contribution in [2.24, 2.45) is 0 Å². The van der Waals surface area contributed by atoms with Gasteiger partial charge in [0.25, 0.3) is 0 Å². The molecule has 34 heavy (non-hydrogen) atoms. The molecule has 2 aromatic carbocycles. The summed E-state index contributed by atoms with van der Waals surface area (Å²) in [5, 5.41) is 0. The number of carbonyl (C=O) groups excluding carboxylic acids is 3. The number of hydrogen-bond acceptors (Lipinski definition) is 6. The first-order valence-corrected chi connectivity index (χ1v) is 10.6. The van der Waals surface area contributed by atoms with Gasteiger partial charge in [-0.05, 0) is 54.8 Å². The highest BCUT2D eigenvalue weighted by molar-refractivity contribution is 5.89. The second-order valence-corrected chi connectivity index (χ2v) is 7.58. The Morgan fingerprint density at radius 3 is 2.03 bits per heavy atom. The maximum absolute atomic E-state index is 14.3. The van der Waals surface area contributed by atoms with Gasteiger partial charge in [-0.25, -0.2) is 18.8 Å². The summed E-state index contributed by atoms with van der Waals surface area (Å²) in [5.74, 6) is -1.68. The van der Waals surface area contributed by atoms with E-state index >= 15 is 0 Å². The minimum Gasteiger partial charge on any atom is -0.462 e. The molecule has 2 rings (SSSR count). The van der Waals surface area contributed by atoms with Crippen molar-refractivity contribution in [1.82, 2.24) is 0 Å². The van der Waals surface area contributed by atoms with Crippen LogP contribution in [0.5, 0.6) is 5.75 Å². The van der Waals surface area contributed by atoms with E-state index in [1.54, 1.807) is 43.3 Å². The van der Waals surface area contributed by atoms with Crippen LogP contribution >= 0.6 is 0 Å². The van der Waals surface area contributed by atoms with E-state index in [2.05, 4.69) is 13.2 Å². The number of ether oxygens (including phenoxy) is 3. The Bertz CT molecular complexity index is 1100. The Hall–Kier alpha value is -4.00. The zero-order chi connectivity index (χ0) is 25.1. The molecule has 0 N–H and O–H groups in total. The van der Waals surface area contributed by atoms with Crippen LogP contribution in [0.25, 0.3) is 6.08 Å². The third kappa shape index (κ3) is 8.86. The SMILES string of the molecule is C=C(C)C(=O)OCCc1ccc(OC(=O)/C=C/c2ccc(CCOC(=O)C(=C)C)c(F)c2)cc1.